The minimum Gasteiger partial charge on any atom is -0.380 e. The molecule has 0 unspecified atom stereocenters. The second kappa shape index (κ2) is 7.72. The van der Waals surface area contributed by atoms with Crippen LogP contribution in [0.1, 0.15) is 0 Å². The third-order valence-electron chi connectivity index (χ3n) is 3.53. The summed E-state index contributed by atoms with van der Waals surface area (Å²) < 4.78 is 0. The van der Waals surface area contributed by atoms with Gasteiger partial charge in [-0.1, -0.05) is 48.5 Å². The Morgan fingerprint density at radius 1 is 0.917 bits per heavy atom. The molecule has 0 aliphatic heterocycles. The lowest BCUT2D eigenvalue weighted by atomic mass is 10.0. The first kappa shape index (κ1) is 17.7. The van der Waals surface area contributed by atoms with E-state index in [4.69, 9.17) is 0 Å². The Balaban J connectivity index is 2.20. The van der Waals surface area contributed by atoms with Gasteiger partial charge < -0.3 is 20.4 Å². The largest absolute Gasteiger partial charge is 0.380 e. The topological polar surface area (TPSA) is 89.9 Å². The van der Waals surface area contributed by atoms with Crippen molar-refractivity contribution < 1.29 is 19.8 Å². The van der Waals surface area contributed by atoms with Crippen LogP contribution in [0.5, 0.6) is 0 Å². The summed E-state index contributed by atoms with van der Waals surface area (Å²) in [5.74, 6) is -1.59. The van der Waals surface area contributed by atoms with Crippen LogP contribution in [0.2, 0.25) is 0 Å². The number of likely N-dealkylation sites (N-methyl/N-ethyl adjacent to an activating group) is 1. The number of nitrogens with zero attached hydrogens (tertiary/aromatic N) is 1. The van der Waals surface area contributed by atoms with E-state index < -0.39 is 24.0 Å². The molecular formula is C18H20N2O4. The highest BCUT2D eigenvalue weighted by Gasteiger charge is 2.31. The summed E-state index contributed by atoms with van der Waals surface area (Å²) in [6, 6.07) is 16.5. The molecule has 0 saturated carbocycles. The zero-order valence-electron chi connectivity index (χ0n) is 13.5. The van der Waals surface area contributed by atoms with Crippen molar-refractivity contribution in [3.63, 3.8) is 0 Å². The van der Waals surface area contributed by atoms with Gasteiger partial charge in [-0.2, -0.15) is 0 Å². The van der Waals surface area contributed by atoms with Gasteiger partial charge in [-0.05, 0) is 11.6 Å². The van der Waals surface area contributed by atoms with Gasteiger partial charge in [-0.15, -0.1) is 0 Å². The molecule has 2 aromatic rings. The number of aliphatic hydroxyl groups excluding tert-OH is 2. The number of nitrogens with one attached hydrogen (secondary N) is 1. The molecule has 2 amide bonds. The fraction of sp³-hybridized carbons (Fsp3) is 0.222. The minimum absolute atomic E-state index is 0.484. The average Bonchev–Trinajstić information content (AvgIpc) is 2.60. The molecule has 0 heterocycles. The highest BCUT2D eigenvalue weighted by Crippen LogP contribution is 2.27. The van der Waals surface area contributed by atoms with Crippen molar-refractivity contribution in [1.29, 1.82) is 0 Å². The highest BCUT2D eigenvalue weighted by molar-refractivity contribution is 6.00. The van der Waals surface area contributed by atoms with Crippen molar-refractivity contribution in [3.05, 3.63) is 54.6 Å². The van der Waals surface area contributed by atoms with Crippen molar-refractivity contribution in [2.45, 2.75) is 12.2 Å². The van der Waals surface area contributed by atoms with Gasteiger partial charge in [0.1, 0.15) is 0 Å². The van der Waals surface area contributed by atoms with Crippen LogP contribution in [0.15, 0.2) is 54.6 Å². The Bertz CT molecular complexity index is 716. The summed E-state index contributed by atoms with van der Waals surface area (Å²) in [4.78, 5) is 24.9. The van der Waals surface area contributed by atoms with Gasteiger partial charge in [0.2, 0.25) is 0 Å². The summed E-state index contributed by atoms with van der Waals surface area (Å²) >= 11 is 0. The second-order valence-electron chi connectivity index (χ2n) is 5.52. The number of rotatable bonds is 5. The van der Waals surface area contributed by atoms with E-state index >= 15 is 0 Å². The first-order valence-electron chi connectivity index (χ1n) is 7.44. The SMILES string of the molecule is CN(C)C(=O)[C@H](O)[C@@H](O)C(=O)Nc1ccccc1-c1ccccc1. The van der Waals surface area contributed by atoms with Crippen LogP contribution in [-0.2, 0) is 9.59 Å². The molecule has 24 heavy (non-hydrogen) atoms. The molecule has 2 atom stereocenters. The molecule has 126 valence electrons. The van der Waals surface area contributed by atoms with Crippen molar-refractivity contribution in [3.8, 4) is 11.1 Å². The number of aliphatic hydroxyl groups is 2. The van der Waals surface area contributed by atoms with Crippen molar-refractivity contribution in [2.75, 3.05) is 19.4 Å². The molecule has 0 aromatic heterocycles. The molecule has 0 saturated heterocycles. The van der Waals surface area contributed by atoms with Crippen molar-refractivity contribution >= 4 is 17.5 Å². The van der Waals surface area contributed by atoms with Gasteiger partial charge in [-0.25, -0.2) is 0 Å². The fourth-order valence-electron chi connectivity index (χ4n) is 2.21. The quantitative estimate of drug-likeness (QED) is 0.767. The van der Waals surface area contributed by atoms with Crippen LogP contribution in [0.3, 0.4) is 0 Å². The number of benzene rings is 2. The maximum atomic E-state index is 12.2. The van der Waals surface area contributed by atoms with E-state index in [2.05, 4.69) is 5.32 Å². The molecule has 2 rings (SSSR count). The first-order valence-corrected chi connectivity index (χ1v) is 7.44. The lowest BCUT2D eigenvalue weighted by Gasteiger charge is -2.20. The lowest BCUT2D eigenvalue weighted by molar-refractivity contribution is -0.149. The third-order valence-corrected chi connectivity index (χ3v) is 3.53. The Kier molecular flexibility index (Phi) is 5.68. The van der Waals surface area contributed by atoms with E-state index in [1.165, 1.54) is 14.1 Å². The number of carbonyl (C=O) groups excluding carboxylic acids is 2. The number of hydrogen-bond donors (Lipinski definition) is 3. The third kappa shape index (κ3) is 3.98. The van der Waals surface area contributed by atoms with E-state index in [9.17, 15) is 19.8 Å². The zero-order valence-corrected chi connectivity index (χ0v) is 13.5. The molecule has 3 N–H and O–H groups in total. The van der Waals surface area contributed by atoms with Gasteiger partial charge in [-0.3, -0.25) is 9.59 Å². The second-order valence-corrected chi connectivity index (χ2v) is 5.52. The Labute approximate surface area is 140 Å². The van der Waals surface area contributed by atoms with Gasteiger partial charge in [0.15, 0.2) is 12.2 Å². The van der Waals surface area contributed by atoms with Gasteiger partial charge in [0, 0.05) is 25.3 Å². The molecule has 0 spiro atoms. The van der Waals surface area contributed by atoms with Gasteiger partial charge >= 0.3 is 0 Å². The summed E-state index contributed by atoms with van der Waals surface area (Å²) in [7, 11) is 2.86. The normalized spacial score (nSPS) is 13.0. The smallest absolute Gasteiger partial charge is 0.256 e. The van der Waals surface area contributed by atoms with E-state index in [1.807, 2.05) is 42.5 Å². The Morgan fingerprint density at radius 3 is 2.12 bits per heavy atom. The van der Waals surface area contributed by atoms with Crippen molar-refractivity contribution in [2.24, 2.45) is 0 Å². The fourth-order valence-corrected chi connectivity index (χ4v) is 2.21. The standard InChI is InChI=1S/C18H20N2O4/c1-20(2)18(24)16(22)15(21)17(23)19-14-11-7-6-10-13(14)12-8-4-3-5-9-12/h3-11,15-16,21-22H,1-2H3,(H,19,23)/t15-,16-/m1/s1. The molecule has 0 aliphatic rings. The average molecular weight is 328 g/mol. The Morgan fingerprint density at radius 2 is 1.50 bits per heavy atom. The molecule has 0 aliphatic carbocycles. The maximum Gasteiger partial charge on any atom is 0.256 e. The predicted molar refractivity (Wildman–Crippen MR) is 91.2 cm³/mol. The molecular weight excluding hydrogens is 308 g/mol. The summed E-state index contributed by atoms with van der Waals surface area (Å²) in [6.45, 7) is 0. The minimum atomic E-state index is -1.86. The molecule has 2 aromatic carbocycles. The number of anilines is 1. The highest BCUT2D eigenvalue weighted by atomic mass is 16.3. The van der Waals surface area contributed by atoms with Crippen molar-refractivity contribution in [1.82, 2.24) is 4.90 Å². The molecule has 6 heteroatoms. The van der Waals surface area contributed by atoms with Crippen LogP contribution in [0, 0.1) is 0 Å². The van der Waals surface area contributed by atoms with E-state index in [-0.39, 0.29) is 0 Å². The van der Waals surface area contributed by atoms with Crippen LogP contribution in [0.4, 0.5) is 5.69 Å². The van der Waals surface area contributed by atoms with E-state index in [1.54, 1.807) is 12.1 Å². The number of amides is 2. The maximum absolute atomic E-state index is 12.2. The van der Waals surface area contributed by atoms with E-state index in [0.29, 0.717) is 5.69 Å². The molecule has 0 fully saturated rings. The number of hydrogen-bond acceptors (Lipinski definition) is 4. The molecule has 0 radical (unpaired) electrons. The van der Waals surface area contributed by atoms with Crippen LogP contribution < -0.4 is 5.32 Å². The number of para-hydroxylation sites is 1. The Hall–Kier alpha value is -2.70. The van der Waals surface area contributed by atoms with Gasteiger partial charge in [0.25, 0.3) is 11.8 Å². The zero-order chi connectivity index (χ0) is 17.7. The van der Waals surface area contributed by atoms with Crippen LogP contribution in [-0.4, -0.2) is 53.2 Å². The lowest BCUT2D eigenvalue weighted by Crippen LogP contribution is -2.47. The molecule has 6 nitrogen and oxygen atoms in total. The van der Waals surface area contributed by atoms with Crippen LogP contribution >= 0.6 is 0 Å². The summed E-state index contributed by atoms with van der Waals surface area (Å²) in [5, 5.41) is 22.3. The number of carbonyl (C=O) groups is 2. The predicted octanol–water partition coefficient (Wildman–Crippen LogP) is 1.10. The van der Waals surface area contributed by atoms with Crippen LogP contribution in [0.25, 0.3) is 11.1 Å². The van der Waals surface area contributed by atoms with Gasteiger partial charge in [0.05, 0.1) is 0 Å². The first-order chi connectivity index (χ1) is 11.4. The van der Waals surface area contributed by atoms with E-state index in [0.717, 1.165) is 16.0 Å². The monoisotopic (exact) mass is 328 g/mol. The summed E-state index contributed by atoms with van der Waals surface area (Å²) in [6.07, 6.45) is -3.67. The molecule has 0 bridgehead atoms. The summed E-state index contributed by atoms with van der Waals surface area (Å²) in [5.41, 5.74) is 2.15.